The Morgan fingerprint density at radius 3 is 1.65 bits per heavy atom. The van der Waals surface area contributed by atoms with Crippen LogP contribution in [0, 0.1) is 0 Å². The third-order valence-electron chi connectivity index (χ3n) is 12.4. The Balaban J connectivity index is 1.01. The van der Waals surface area contributed by atoms with Crippen LogP contribution in [-0.2, 0) is 0 Å². The Labute approximate surface area is 366 Å². The minimum Gasteiger partial charge on any atom is -0.456 e. The van der Waals surface area contributed by atoms with Crippen molar-refractivity contribution in [2.75, 3.05) is 4.90 Å². The van der Waals surface area contributed by atoms with E-state index < -0.39 is 0 Å². The fourth-order valence-corrected chi connectivity index (χ4v) is 9.40. The monoisotopic (exact) mass is 804 g/mol. The summed E-state index contributed by atoms with van der Waals surface area (Å²) in [6, 6.07) is 87.2. The molecule has 12 rings (SSSR count). The second kappa shape index (κ2) is 15.3. The minimum absolute atomic E-state index is 0.883. The molecule has 0 fully saturated rings. The van der Waals surface area contributed by atoms with E-state index in [2.05, 4.69) is 240 Å². The van der Waals surface area contributed by atoms with Crippen LogP contribution in [0.4, 0.5) is 17.1 Å². The average molecular weight is 805 g/mol. The first kappa shape index (κ1) is 36.5. The topological polar surface area (TPSA) is 21.3 Å². The van der Waals surface area contributed by atoms with Gasteiger partial charge in [0.1, 0.15) is 11.2 Å². The van der Waals surface area contributed by atoms with Gasteiger partial charge in [0.2, 0.25) is 0 Å². The summed E-state index contributed by atoms with van der Waals surface area (Å²) >= 11 is 0. The van der Waals surface area contributed by atoms with Crippen LogP contribution in [-0.4, -0.2) is 4.57 Å². The number of hydrogen-bond donors (Lipinski definition) is 0. The summed E-state index contributed by atoms with van der Waals surface area (Å²) in [4.78, 5) is 2.33. The number of para-hydroxylation sites is 4. The zero-order chi connectivity index (χ0) is 41.7. The molecule has 0 spiro atoms. The third-order valence-corrected chi connectivity index (χ3v) is 12.4. The quantitative estimate of drug-likeness (QED) is 0.153. The van der Waals surface area contributed by atoms with Gasteiger partial charge in [0.05, 0.1) is 11.0 Å². The minimum atomic E-state index is 0.883. The Hall–Kier alpha value is -8.40. The van der Waals surface area contributed by atoms with Crippen LogP contribution in [0.2, 0.25) is 0 Å². The van der Waals surface area contributed by atoms with Crippen molar-refractivity contribution in [3.05, 3.63) is 243 Å². The molecule has 0 aliphatic rings. The van der Waals surface area contributed by atoms with Gasteiger partial charge in [-0.25, -0.2) is 0 Å². The number of fused-ring (bicyclic) bond motifs is 6. The van der Waals surface area contributed by atoms with Crippen LogP contribution in [0.25, 0.3) is 93.9 Å². The smallest absolute Gasteiger partial charge is 0.135 e. The lowest BCUT2D eigenvalue weighted by Gasteiger charge is -2.26. The number of hydrogen-bond acceptors (Lipinski definition) is 2. The molecule has 0 aliphatic heterocycles. The molecule has 296 valence electrons. The maximum absolute atomic E-state index is 6.23. The SMILES string of the molecule is c1ccc(-c2ccc(-c3cc(-c4cccc(-c5cccc(N(c6ccccc6)c6ccc7oc8ccccc8c7c6)c5)c4)cc4c3c3ccccc3n4-c3ccccc3)cc2)cc1. The highest BCUT2D eigenvalue weighted by Gasteiger charge is 2.20. The second-order valence-corrected chi connectivity index (χ2v) is 16.1. The summed E-state index contributed by atoms with van der Waals surface area (Å²) in [5, 5.41) is 4.70. The molecule has 0 N–H and O–H groups in total. The van der Waals surface area contributed by atoms with E-state index in [9.17, 15) is 0 Å². The van der Waals surface area contributed by atoms with Crippen molar-refractivity contribution in [3.63, 3.8) is 0 Å². The molecule has 0 atom stereocenters. The van der Waals surface area contributed by atoms with Crippen LogP contribution in [0.5, 0.6) is 0 Å². The number of aromatic nitrogens is 1. The highest BCUT2D eigenvalue weighted by atomic mass is 16.3. The first-order valence-electron chi connectivity index (χ1n) is 21.5. The standard InChI is InChI=1S/C60H40N2O/c1-4-16-41(17-5-1)42-30-32-43(33-31-42)54-38-47(39-57-60(54)53-27-10-12-28-56(53)62(57)49-23-8-3-9-24-49)45-19-14-18-44(36-45)46-20-15-25-50(37-46)61(48-21-6-2-7-22-48)51-34-35-59-55(40-51)52-26-11-13-29-58(52)63-59/h1-40H. The van der Waals surface area contributed by atoms with E-state index in [1.54, 1.807) is 0 Å². The number of anilines is 3. The maximum atomic E-state index is 6.23. The van der Waals surface area contributed by atoms with Gasteiger partial charge in [-0.1, -0.05) is 158 Å². The molecular weight excluding hydrogens is 765 g/mol. The highest BCUT2D eigenvalue weighted by Crippen LogP contribution is 2.44. The summed E-state index contributed by atoms with van der Waals surface area (Å²) in [5.74, 6) is 0. The van der Waals surface area contributed by atoms with Crippen LogP contribution < -0.4 is 4.90 Å². The van der Waals surface area contributed by atoms with Crippen molar-refractivity contribution in [1.82, 2.24) is 4.57 Å². The normalized spacial score (nSPS) is 11.5. The molecule has 0 bridgehead atoms. The fourth-order valence-electron chi connectivity index (χ4n) is 9.40. The molecular formula is C60H40N2O. The van der Waals surface area contributed by atoms with E-state index in [1.165, 1.54) is 44.1 Å². The molecule has 10 aromatic carbocycles. The van der Waals surface area contributed by atoms with Gasteiger partial charge < -0.3 is 13.9 Å². The molecule has 3 nitrogen and oxygen atoms in total. The summed E-state index contributed by atoms with van der Waals surface area (Å²) < 4.78 is 8.65. The molecule has 2 heterocycles. The van der Waals surface area contributed by atoms with Gasteiger partial charge >= 0.3 is 0 Å². The van der Waals surface area contributed by atoms with E-state index in [-0.39, 0.29) is 0 Å². The zero-order valence-corrected chi connectivity index (χ0v) is 34.4. The van der Waals surface area contributed by atoms with Gasteiger partial charge in [0, 0.05) is 44.3 Å². The van der Waals surface area contributed by atoms with Gasteiger partial charge in [-0.15, -0.1) is 0 Å². The van der Waals surface area contributed by atoms with Crippen molar-refractivity contribution in [2.45, 2.75) is 0 Å². The predicted molar refractivity (Wildman–Crippen MR) is 264 cm³/mol. The molecule has 0 radical (unpaired) electrons. The molecule has 12 aromatic rings. The van der Waals surface area contributed by atoms with Crippen molar-refractivity contribution < 1.29 is 4.42 Å². The molecule has 63 heavy (non-hydrogen) atoms. The Bertz CT molecular complexity index is 3600. The van der Waals surface area contributed by atoms with E-state index in [0.29, 0.717) is 0 Å². The van der Waals surface area contributed by atoms with Gasteiger partial charge in [-0.2, -0.15) is 0 Å². The Morgan fingerprint density at radius 1 is 0.302 bits per heavy atom. The lowest BCUT2D eigenvalue weighted by molar-refractivity contribution is 0.669. The number of nitrogens with zero attached hydrogens (tertiary/aromatic N) is 2. The van der Waals surface area contributed by atoms with E-state index in [4.69, 9.17) is 4.42 Å². The largest absolute Gasteiger partial charge is 0.456 e. The first-order valence-corrected chi connectivity index (χ1v) is 21.5. The molecule has 3 heteroatoms. The molecule has 0 unspecified atom stereocenters. The van der Waals surface area contributed by atoms with Crippen molar-refractivity contribution >= 4 is 60.8 Å². The Morgan fingerprint density at radius 2 is 0.857 bits per heavy atom. The third kappa shape index (κ3) is 6.46. The summed E-state index contributed by atoms with van der Waals surface area (Å²) in [7, 11) is 0. The van der Waals surface area contributed by atoms with E-state index in [0.717, 1.165) is 66.9 Å². The highest BCUT2D eigenvalue weighted by molar-refractivity contribution is 6.17. The second-order valence-electron chi connectivity index (χ2n) is 16.1. The van der Waals surface area contributed by atoms with Crippen LogP contribution in [0.15, 0.2) is 247 Å². The molecule has 2 aromatic heterocycles. The van der Waals surface area contributed by atoms with Crippen molar-refractivity contribution in [2.24, 2.45) is 0 Å². The lowest BCUT2D eigenvalue weighted by Crippen LogP contribution is -2.09. The molecule has 0 aliphatic carbocycles. The number of rotatable bonds is 8. The maximum Gasteiger partial charge on any atom is 0.135 e. The zero-order valence-electron chi connectivity index (χ0n) is 34.4. The Kier molecular flexibility index (Phi) is 8.83. The number of furan rings is 1. The van der Waals surface area contributed by atoms with Crippen LogP contribution >= 0.6 is 0 Å². The van der Waals surface area contributed by atoms with Crippen molar-refractivity contribution in [1.29, 1.82) is 0 Å². The first-order chi connectivity index (χ1) is 31.2. The van der Waals surface area contributed by atoms with Gasteiger partial charge in [-0.3, -0.25) is 0 Å². The average Bonchev–Trinajstić information content (AvgIpc) is 3.90. The van der Waals surface area contributed by atoms with Gasteiger partial charge in [-0.05, 0) is 129 Å². The molecule has 0 saturated heterocycles. The van der Waals surface area contributed by atoms with E-state index in [1.807, 2.05) is 12.1 Å². The summed E-state index contributed by atoms with van der Waals surface area (Å²) in [6.45, 7) is 0. The van der Waals surface area contributed by atoms with Gasteiger partial charge in [0.25, 0.3) is 0 Å². The predicted octanol–water partition coefficient (Wildman–Crippen LogP) is 16.8. The van der Waals surface area contributed by atoms with Crippen LogP contribution in [0.3, 0.4) is 0 Å². The van der Waals surface area contributed by atoms with Crippen molar-refractivity contribution in [3.8, 4) is 50.2 Å². The van der Waals surface area contributed by atoms with Crippen LogP contribution in [0.1, 0.15) is 0 Å². The van der Waals surface area contributed by atoms with Gasteiger partial charge in [0.15, 0.2) is 0 Å². The summed E-state index contributed by atoms with van der Waals surface area (Å²) in [6.07, 6.45) is 0. The number of benzene rings is 10. The molecule has 0 saturated carbocycles. The molecule has 0 amide bonds. The summed E-state index contributed by atoms with van der Waals surface area (Å²) in [5.41, 5.74) is 17.9. The fraction of sp³-hybridized carbons (Fsp3) is 0. The lowest BCUT2D eigenvalue weighted by atomic mass is 9.92. The van der Waals surface area contributed by atoms with E-state index >= 15 is 0 Å².